The average Bonchev–Trinajstić information content (AvgIpc) is 3.29. The van der Waals surface area contributed by atoms with E-state index in [9.17, 15) is 18.0 Å². The van der Waals surface area contributed by atoms with E-state index in [0.717, 1.165) is 19.3 Å². The number of hydrogen-bond acceptors (Lipinski definition) is 4. The number of hydrogen-bond donors (Lipinski definition) is 2. The van der Waals surface area contributed by atoms with Gasteiger partial charge in [0, 0.05) is 12.3 Å². The predicted molar refractivity (Wildman–Crippen MR) is 89.6 cm³/mol. The number of benzene rings is 1. The van der Waals surface area contributed by atoms with Crippen molar-refractivity contribution < 1.29 is 18.0 Å². The van der Waals surface area contributed by atoms with Crippen LogP contribution in [0.4, 0.5) is 5.69 Å². The van der Waals surface area contributed by atoms with Crippen LogP contribution in [-0.2, 0) is 19.6 Å². The lowest BCUT2D eigenvalue weighted by molar-refractivity contribution is -0.120. The molecule has 2 N–H and O–H groups in total. The van der Waals surface area contributed by atoms with Gasteiger partial charge in [0.2, 0.25) is 11.8 Å². The van der Waals surface area contributed by atoms with E-state index < -0.39 is 15.9 Å². The van der Waals surface area contributed by atoms with E-state index in [0.29, 0.717) is 12.8 Å². The van der Waals surface area contributed by atoms with Gasteiger partial charge in [-0.2, -0.15) is 0 Å². The fourth-order valence-electron chi connectivity index (χ4n) is 2.83. The third kappa shape index (κ3) is 3.84. The van der Waals surface area contributed by atoms with E-state index in [1.165, 1.54) is 12.1 Å². The van der Waals surface area contributed by atoms with Crippen molar-refractivity contribution in [1.29, 1.82) is 0 Å². The molecule has 1 unspecified atom stereocenters. The molecule has 2 amide bonds. The summed E-state index contributed by atoms with van der Waals surface area (Å²) in [5.41, 5.74) is 0.197. The minimum Gasteiger partial charge on any atom is -0.325 e. The third-order valence-corrected chi connectivity index (χ3v) is 5.68. The summed E-state index contributed by atoms with van der Waals surface area (Å²) in [7, 11) is -4.02. The molecule has 128 valence electrons. The van der Waals surface area contributed by atoms with Crippen LogP contribution in [0.2, 0.25) is 0 Å². The van der Waals surface area contributed by atoms with Crippen molar-refractivity contribution in [3.05, 3.63) is 36.4 Å². The third-order valence-electron chi connectivity index (χ3n) is 4.27. The zero-order valence-corrected chi connectivity index (χ0v) is 14.0. The topological polar surface area (TPSA) is 92.3 Å². The summed E-state index contributed by atoms with van der Waals surface area (Å²) >= 11 is 0. The van der Waals surface area contributed by atoms with Crippen LogP contribution in [0.1, 0.15) is 32.1 Å². The number of rotatable bonds is 0. The van der Waals surface area contributed by atoms with Crippen molar-refractivity contribution in [3.8, 4) is 0 Å². The molecule has 0 saturated heterocycles. The minimum atomic E-state index is -4.02. The number of sulfonamides is 1. The second kappa shape index (κ2) is 6.76. The second-order valence-corrected chi connectivity index (χ2v) is 7.84. The highest BCUT2D eigenvalue weighted by Crippen LogP contribution is 2.40. The van der Waals surface area contributed by atoms with E-state index in [1.807, 2.05) is 12.2 Å². The van der Waals surface area contributed by atoms with Gasteiger partial charge in [0.1, 0.15) is 4.90 Å². The van der Waals surface area contributed by atoms with Crippen molar-refractivity contribution in [2.24, 2.45) is 11.8 Å². The quantitative estimate of drug-likeness (QED) is 0.703. The van der Waals surface area contributed by atoms with Crippen LogP contribution in [0.25, 0.3) is 0 Å². The van der Waals surface area contributed by atoms with Crippen LogP contribution in [0, 0.1) is 11.8 Å². The molecule has 0 bridgehead atoms. The van der Waals surface area contributed by atoms with Crippen molar-refractivity contribution in [1.82, 2.24) is 4.72 Å². The van der Waals surface area contributed by atoms with Gasteiger partial charge in [-0.3, -0.25) is 9.59 Å². The molecule has 1 heterocycles. The zero-order valence-electron chi connectivity index (χ0n) is 13.2. The molecule has 7 heteroatoms. The first-order chi connectivity index (χ1) is 11.5. The van der Waals surface area contributed by atoms with Crippen LogP contribution in [0.5, 0.6) is 0 Å². The Morgan fingerprint density at radius 1 is 1.08 bits per heavy atom. The summed E-state index contributed by atoms with van der Waals surface area (Å²) in [6.07, 6.45) is 7.47. The Morgan fingerprint density at radius 2 is 1.88 bits per heavy atom. The first-order valence-electron chi connectivity index (χ1n) is 8.09. The first-order valence-corrected chi connectivity index (χ1v) is 9.58. The number of amides is 2. The number of carbonyl (C=O) groups excluding carboxylic acids is 2. The Morgan fingerprint density at radius 3 is 2.71 bits per heavy atom. The van der Waals surface area contributed by atoms with Gasteiger partial charge >= 0.3 is 0 Å². The maximum absolute atomic E-state index is 12.5. The zero-order chi connectivity index (χ0) is 17.2. The van der Waals surface area contributed by atoms with Gasteiger partial charge in [-0.05, 0) is 43.7 Å². The summed E-state index contributed by atoms with van der Waals surface area (Å²) in [4.78, 5) is 24.1. The fraction of sp³-hybridized carbons (Fsp3) is 0.412. The fourth-order valence-corrected chi connectivity index (χ4v) is 4.02. The first kappa shape index (κ1) is 16.7. The number of allylic oxidation sites excluding steroid dienone is 2. The van der Waals surface area contributed by atoms with Crippen LogP contribution >= 0.6 is 0 Å². The lowest BCUT2D eigenvalue weighted by Gasteiger charge is -2.12. The largest absolute Gasteiger partial charge is 0.325 e. The maximum atomic E-state index is 12.5. The molecule has 6 nitrogen and oxygen atoms in total. The summed E-state index contributed by atoms with van der Waals surface area (Å²) in [5.74, 6) is -0.894. The minimum absolute atomic E-state index is 0.0886. The highest BCUT2D eigenvalue weighted by molar-refractivity contribution is 7.90. The number of anilines is 1. The number of carbonyl (C=O) groups is 2. The van der Waals surface area contributed by atoms with Crippen LogP contribution in [0.15, 0.2) is 41.3 Å². The van der Waals surface area contributed by atoms with Gasteiger partial charge < -0.3 is 5.32 Å². The normalized spacial score (nSPS) is 28.2. The number of para-hydroxylation sites is 1. The van der Waals surface area contributed by atoms with E-state index >= 15 is 0 Å². The maximum Gasteiger partial charge on any atom is 0.266 e. The van der Waals surface area contributed by atoms with Gasteiger partial charge in [0.15, 0.2) is 0 Å². The van der Waals surface area contributed by atoms with Crippen LogP contribution in [-0.4, -0.2) is 20.2 Å². The summed E-state index contributed by atoms with van der Waals surface area (Å²) in [6, 6.07) is 6.11. The van der Waals surface area contributed by atoms with Crippen molar-refractivity contribution >= 4 is 27.5 Å². The molecular formula is C17H20N2O4S. The Balaban J connectivity index is 1.89. The van der Waals surface area contributed by atoms with E-state index in [-0.39, 0.29) is 28.3 Å². The molecule has 2 atom stereocenters. The van der Waals surface area contributed by atoms with Gasteiger partial charge in [-0.25, -0.2) is 13.1 Å². The molecule has 1 fully saturated rings. The SMILES string of the molecule is O=C1CCCC/C=C/[C@@H]2CC2C(=O)NS(=O)(=O)c2ccccc2N1. The van der Waals surface area contributed by atoms with Crippen molar-refractivity contribution in [2.75, 3.05) is 5.32 Å². The highest BCUT2D eigenvalue weighted by atomic mass is 32.2. The molecule has 1 aliphatic heterocycles. The molecule has 1 aromatic rings. The van der Waals surface area contributed by atoms with Gasteiger partial charge in [0.05, 0.1) is 5.69 Å². The summed E-state index contributed by atoms with van der Waals surface area (Å²) in [5, 5.41) is 2.63. The Labute approximate surface area is 141 Å². The number of fused-ring (bicyclic) bond motifs is 2. The lowest BCUT2D eigenvalue weighted by atomic mass is 10.1. The molecule has 0 spiro atoms. The summed E-state index contributed by atoms with van der Waals surface area (Å²) in [6.45, 7) is 0. The second-order valence-electron chi connectivity index (χ2n) is 6.19. The average molecular weight is 348 g/mol. The number of nitrogens with one attached hydrogen (secondary N) is 2. The molecule has 24 heavy (non-hydrogen) atoms. The molecule has 3 rings (SSSR count). The van der Waals surface area contributed by atoms with Gasteiger partial charge in [0.25, 0.3) is 10.0 Å². The van der Waals surface area contributed by atoms with E-state index in [4.69, 9.17) is 0 Å². The Hall–Kier alpha value is -2.15. The predicted octanol–water partition coefficient (Wildman–Crippen LogP) is 2.20. The highest BCUT2D eigenvalue weighted by Gasteiger charge is 2.42. The van der Waals surface area contributed by atoms with Crippen LogP contribution in [0.3, 0.4) is 0 Å². The monoisotopic (exact) mass is 348 g/mol. The lowest BCUT2D eigenvalue weighted by Crippen LogP contribution is -2.32. The molecule has 1 saturated carbocycles. The van der Waals surface area contributed by atoms with E-state index in [1.54, 1.807) is 12.1 Å². The smallest absolute Gasteiger partial charge is 0.266 e. The Kier molecular flexibility index (Phi) is 4.71. The Bertz CT molecular complexity index is 786. The summed E-state index contributed by atoms with van der Waals surface area (Å²) < 4.78 is 27.2. The van der Waals surface area contributed by atoms with E-state index in [2.05, 4.69) is 10.0 Å². The molecular weight excluding hydrogens is 328 g/mol. The molecule has 1 aliphatic carbocycles. The standard InChI is InChI=1S/C17H20N2O4S/c20-16-10-4-2-1-3-7-12-11-13(12)17(21)19-24(22,23)15-9-6-5-8-14(15)18-16/h3,5-9,12-13H,1-2,4,10-11H2,(H,18,20)(H,19,21)/b7-3+/t12-,13?/m1/s1. The molecule has 0 radical (unpaired) electrons. The van der Waals surface area contributed by atoms with Gasteiger partial charge in [-0.1, -0.05) is 24.3 Å². The molecule has 2 aliphatic rings. The molecule has 0 aromatic heterocycles. The van der Waals surface area contributed by atoms with Crippen molar-refractivity contribution in [2.45, 2.75) is 37.0 Å². The van der Waals surface area contributed by atoms with Gasteiger partial charge in [-0.15, -0.1) is 0 Å². The van der Waals surface area contributed by atoms with Crippen LogP contribution < -0.4 is 10.0 Å². The molecule has 1 aromatic carbocycles. The van der Waals surface area contributed by atoms with Crippen molar-refractivity contribution in [3.63, 3.8) is 0 Å².